The van der Waals surface area contributed by atoms with Crippen LogP contribution < -0.4 is 15.0 Å². The van der Waals surface area contributed by atoms with Gasteiger partial charge in [0.1, 0.15) is 5.75 Å². The zero-order chi connectivity index (χ0) is 26.1. The molecule has 0 saturated heterocycles. The van der Waals surface area contributed by atoms with Crippen molar-refractivity contribution >= 4 is 45.8 Å². The standard InChI is InChI=1S/C29H22N2O6/c1-17(26(32)30-23-11-3-4-12-24(23)36-2)37-29(35)19-13-15-20(16-14-19)31-27(33)21-9-5-7-18-8-6-10-22(25(18)21)28(31)34/h3-17H,1-2H3,(H,30,32). The predicted octanol–water partition coefficient (Wildman–Crippen LogP) is 4.83. The van der Waals surface area contributed by atoms with Gasteiger partial charge in [-0.1, -0.05) is 36.4 Å². The van der Waals surface area contributed by atoms with Crippen LogP contribution in [0.2, 0.25) is 0 Å². The van der Waals surface area contributed by atoms with E-state index in [9.17, 15) is 19.2 Å². The Kier molecular flexibility index (Phi) is 6.15. The number of amides is 3. The van der Waals surface area contributed by atoms with E-state index in [4.69, 9.17) is 9.47 Å². The Balaban J connectivity index is 1.31. The molecule has 5 rings (SSSR count). The van der Waals surface area contributed by atoms with Crippen molar-refractivity contribution in [2.45, 2.75) is 13.0 Å². The number of para-hydroxylation sites is 2. The minimum atomic E-state index is -1.08. The number of nitrogens with one attached hydrogen (secondary N) is 1. The second-order valence-electron chi connectivity index (χ2n) is 8.44. The van der Waals surface area contributed by atoms with Gasteiger partial charge in [-0.3, -0.25) is 14.4 Å². The topological polar surface area (TPSA) is 102 Å². The molecule has 1 unspecified atom stereocenters. The number of benzene rings is 4. The van der Waals surface area contributed by atoms with E-state index in [1.165, 1.54) is 38.3 Å². The van der Waals surface area contributed by atoms with E-state index in [1.54, 1.807) is 48.5 Å². The van der Waals surface area contributed by atoms with Crippen molar-refractivity contribution in [3.63, 3.8) is 0 Å². The van der Waals surface area contributed by atoms with E-state index in [0.717, 1.165) is 10.3 Å². The molecule has 37 heavy (non-hydrogen) atoms. The van der Waals surface area contributed by atoms with Gasteiger partial charge in [0.05, 0.1) is 24.0 Å². The SMILES string of the molecule is COc1ccccc1NC(=O)C(C)OC(=O)c1ccc(N2C(=O)c3cccc4cccc(c34)C2=O)cc1. The van der Waals surface area contributed by atoms with Gasteiger partial charge in [0.15, 0.2) is 6.10 Å². The molecular weight excluding hydrogens is 472 g/mol. The molecule has 0 fully saturated rings. The molecule has 1 heterocycles. The molecule has 4 aromatic carbocycles. The molecular formula is C29H22N2O6. The van der Waals surface area contributed by atoms with Crippen molar-refractivity contribution in [1.29, 1.82) is 0 Å². The lowest BCUT2D eigenvalue weighted by Crippen LogP contribution is -2.40. The number of hydrogen-bond donors (Lipinski definition) is 1. The number of nitrogens with zero attached hydrogens (tertiary/aromatic N) is 1. The van der Waals surface area contributed by atoms with Crippen molar-refractivity contribution in [2.75, 3.05) is 17.3 Å². The maximum Gasteiger partial charge on any atom is 0.338 e. The molecule has 1 N–H and O–H groups in total. The Bertz CT molecular complexity index is 1510. The first-order chi connectivity index (χ1) is 17.9. The molecule has 0 aromatic heterocycles. The lowest BCUT2D eigenvalue weighted by molar-refractivity contribution is -0.123. The van der Waals surface area contributed by atoms with Crippen molar-refractivity contribution in [2.24, 2.45) is 0 Å². The molecule has 0 spiro atoms. The average molecular weight is 495 g/mol. The molecule has 8 heteroatoms. The third-order valence-corrected chi connectivity index (χ3v) is 6.15. The zero-order valence-electron chi connectivity index (χ0n) is 20.1. The van der Waals surface area contributed by atoms with Gasteiger partial charge in [-0.25, -0.2) is 9.69 Å². The second kappa shape index (κ2) is 9.58. The lowest BCUT2D eigenvalue weighted by Gasteiger charge is -2.27. The van der Waals surface area contributed by atoms with E-state index in [-0.39, 0.29) is 5.56 Å². The molecule has 0 radical (unpaired) electrons. The van der Waals surface area contributed by atoms with Crippen molar-refractivity contribution in [3.05, 3.63) is 102 Å². The van der Waals surface area contributed by atoms with Crippen LogP contribution in [0.15, 0.2) is 84.9 Å². The first kappa shape index (κ1) is 23.7. The monoisotopic (exact) mass is 494 g/mol. The number of esters is 1. The lowest BCUT2D eigenvalue weighted by atomic mass is 9.94. The summed E-state index contributed by atoms with van der Waals surface area (Å²) >= 11 is 0. The average Bonchev–Trinajstić information content (AvgIpc) is 2.92. The summed E-state index contributed by atoms with van der Waals surface area (Å²) in [7, 11) is 1.49. The van der Waals surface area contributed by atoms with Crippen LogP contribution in [0, 0.1) is 0 Å². The smallest absolute Gasteiger partial charge is 0.338 e. The van der Waals surface area contributed by atoms with Gasteiger partial charge in [0, 0.05) is 16.5 Å². The first-order valence-corrected chi connectivity index (χ1v) is 11.5. The van der Waals surface area contributed by atoms with Gasteiger partial charge in [-0.15, -0.1) is 0 Å². The number of rotatable bonds is 6. The van der Waals surface area contributed by atoms with Crippen LogP contribution in [-0.4, -0.2) is 36.9 Å². The van der Waals surface area contributed by atoms with Crippen LogP contribution in [0.1, 0.15) is 38.0 Å². The van der Waals surface area contributed by atoms with Crippen LogP contribution in [0.4, 0.5) is 11.4 Å². The highest BCUT2D eigenvalue weighted by atomic mass is 16.5. The molecule has 0 saturated carbocycles. The maximum atomic E-state index is 13.2. The quantitative estimate of drug-likeness (QED) is 0.304. The summed E-state index contributed by atoms with van der Waals surface area (Å²) in [5, 5.41) is 4.13. The largest absolute Gasteiger partial charge is 0.495 e. The number of anilines is 2. The van der Waals surface area contributed by atoms with Gasteiger partial charge in [-0.2, -0.15) is 0 Å². The summed E-state index contributed by atoms with van der Waals surface area (Å²) in [6.45, 7) is 1.46. The molecule has 184 valence electrons. The number of carbonyl (C=O) groups is 4. The fraction of sp³-hybridized carbons (Fsp3) is 0.103. The Morgan fingerprint density at radius 1 is 0.811 bits per heavy atom. The molecule has 1 aliphatic heterocycles. The zero-order valence-corrected chi connectivity index (χ0v) is 20.1. The van der Waals surface area contributed by atoms with Crippen LogP contribution in [0.25, 0.3) is 10.8 Å². The third kappa shape index (κ3) is 4.29. The fourth-order valence-corrected chi connectivity index (χ4v) is 4.28. The molecule has 0 bridgehead atoms. The highest BCUT2D eigenvalue weighted by molar-refractivity contribution is 6.35. The van der Waals surface area contributed by atoms with Crippen LogP contribution >= 0.6 is 0 Å². The molecule has 1 aliphatic rings. The number of carbonyl (C=O) groups excluding carboxylic acids is 4. The summed E-state index contributed by atoms with van der Waals surface area (Å²) in [6.07, 6.45) is -1.08. The fourth-order valence-electron chi connectivity index (χ4n) is 4.28. The minimum Gasteiger partial charge on any atom is -0.495 e. The van der Waals surface area contributed by atoms with Crippen LogP contribution in [0.5, 0.6) is 5.75 Å². The van der Waals surface area contributed by atoms with Gasteiger partial charge in [0.25, 0.3) is 17.7 Å². The number of imide groups is 1. The van der Waals surface area contributed by atoms with E-state index in [1.807, 2.05) is 12.1 Å². The van der Waals surface area contributed by atoms with Gasteiger partial charge in [0.2, 0.25) is 0 Å². The van der Waals surface area contributed by atoms with Crippen molar-refractivity contribution in [1.82, 2.24) is 0 Å². The van der Waals surface area contributed by atoms with E-state index in [0.29, 0.717) is 33.6 Å². The number of ether oxygens (including phenoxy) is 2. The second-order valence-corrected chi connectivity index (χ2v) is 8.44. The number of hydrogen-bond acceptors (Lipinski definition) is 6. The summed E-state index contributed by atoms with van der Waals surface area (Å²) in [4.78, 5) is 52.7. The summed E-state index contributed by atoms with van der Waals surface area (Å²) < 4.78 is 10.5. The van der Waals surface area contributed by atoms with E-state index >= 15 is 0 Å². The minimum absolute atomic E-state index is 0.167. The van der Waals surface area contributed by atoms with Gasteiger partial charge < -0.3 is 14.8 Å². The Morgan fingerprint density at radius 2 is 1.43 bits per heavy atom. The van der Waals surface area contributed by atoms with Crippen molar-refractivity contribution in [3.8, 4) is 5.75 Å². The molecule has 4 aromatic rings. The molecule has 1 atom stereocenters. The summed E-state index contributed by atoms with van der Waals surface area (Å²) in [5.74, 6) is -1.64. The van der Waals surface area contributed by atoms with Gasteiger partial charge >= 0.3 is 5.97 Å². The van der Waals surface area contributed by atoms with E-state index < -0.39 is 29.8 Å². The predicted molar refractivity (Wildman–Crippen MR) is 138 cm³/mol. The highest BCUT2D eigenvalue weighted by Gasteiger charge is 2.34. The molecule has 8 nitrogen and oxygen atoms in total. The Labute approximate surface area is 212 Å². The number of methoxy groups -OCH3 is 1. The van der Waals surface area contributed by atoms with Crippen molar-refractivity contribution < 1.29 is 28.7 Å². The highest BCUT2D eigenvalue weighted by Crippen LogP contribution is 2.33. The van der Waals surface area contributed by atoms with Crippen LogP contribution in [0.3, 0.4) is 0 Å². The first-order valence-electron chi connectivity index (χ1n) is 11.5. The third-order valence-electron chi connectivity index (χ3n) is 6.15. The van der Waals surface area contributed by atoms with Gasteiger partial charge in [-0.05, 0) is 60.8 Å². The van der Waals surface area contributed by atoms with Crippen LogP contribution in [-0.2, 0) is 9.53 Å². The normalized spacial score (nSPS) is 13.3. The molecule has 3 amide bonds. The molecule has 0 aliphatic carbocycles. The Hall–Kier alpha value is -4.98. The summed E-state index contributed by atoms with van der Waals surface area (Å²) in [6, 6.07) is 23.4. The maximum absolute atomic E-state index is 13.2. The summed E-state index contributed by atoms with van der Waals surface area (Å²) in [5.41, 5.74) is 1.81. The van der Waals surface area contributed by atoms with E-state index in [2.05, 4.69) is 5.32 Å². The Morgan fingerprint density at radius 3 is 2.05 bits per heavy atom.